The molecule has 3 N–H and O–H groups in total. The predicted molar refractivity (Wildman–Crippen MR) is 118 cm³/mol. The molecular weight excluding hydrogens is 408 g/mol. The van der Waals surface area contributed by atoms with Crippen molar-refractivity contribution in [1.29, 1.82) is 0 Å². The van der Waals surface area contributed by atoms with Crippen LogP contribution >= 0.6 is 0 Å². The number of carbonyl (C=O) groups excluding carboxylic acids is 4. The Kier molecular flexibility index (Phi) is 5.45. The van der Waals surface area contributed by atoms with E-state index in [1.54, 1.807) is 4.90 Å². The zero-order valence-electron chi connectivity index (χ0n) is 17.9. The van der Waals surface area contributed by atoms with Gasteiger partial charge in [-0.15, -0.1) is 0 Å². The van der Waals surface area contributed by atoms with Crippen LogP contribution in [0.4, 0.5) is 0 Å². The molecule has 2 saturated heterocycles. The highest BCUT2D eigenvalue weighted by molar-refractivity contribution is 6.01. The van der Waals surface area contributed by atoms with Gasteiger partial charge in [-0.05, 0) is 49.7 Å². The molecule has 0 bridgehead atoms. The number of aldehydes is 1. The van der Waals surface area contributed by atoms with Crippen LogP contribution in [0.25, 0.3) is 10.9 Å². The van der Waals surface area contributed by atoms with E-state index in [4.69, 9.17) is 0 Å². The van der Waals surface area contributed by atoms with Crippen molar-refractivity contribution in [3.05, 3.63) is 36.0 Å². The quantitative estimate of drug-likeness (QED) is 0.598. The number of amides is 3. The molecule has 0 spiro atoms. The van der Waals surface area contributed by atoms with E-state index in [-0.39, 0.29) is 36.0 Å². The summed E-state index contributed by atoms with van der Waals surface area (Å²) >= 11 is 0. The summed E-state index contributed by atoms with van der Waals surface area (Å²) in [6.07, 6.45) is 4.61. The Morgan fingerprint density at radius 2 is 2.06 bits per heavy atom. The summed E-state index contributed by atoms with van der Waals surface area (Å²) in [5.41, 5.74) is 1.35. The van der Waals surface area contributed by atoms with Crippen LogP contribution in [-0.4, -0.2) is 59.1 Å². The molecule has 3 aliphatic rings. The third kappa shape index (κ3) is 3.67. The molecular formula is C24H28N4O4. The fourth-order valence-electron chi connectivity index (χ4n) is 5.79. The average molecular weight is 437 g/mol. The summed E-state index contributed by atoms with van der Waals surface area (Å²) in [7, 11) is 0. The lowest BCUT2D eigenvalue weighted by molar-refractivity contribution is -0.129. The summed E-state index contributed by atoms with van der Waals surface area (Å²) < 4.78 is 0. The highest BCUT2D eigenvalue weighted by Crippen LogP contribution is 2.43. The monoisotopic (exact) mass is 436 g/mol. The van der Waals surface area contributed by atoms with Crippen LogP contribution in [0, 0.1) is 17.8 Å². The van der Waals surface area contributed by atoms with Crippen LogP contribution in [0.15, 0.2) is 30.3 Å². The Morgan fingerprint density at radius 3 is 2.81 bits per heavy atom. The highest BCUT2D eigenvalue weighted by atomic mass is 16.2. The minimum absolute atomic E-state index is 0.0709. The van der Waals surface area contributed by atoms with Crippen LogP contribution in [0.3, 0.4) is 0 Å². The molecule has 32 heavy (non-hydrogen) atoms. The number of para-hydroxylation sites is 1. The molecule has 1 saturated carbocycles. The molecule has 0 radical (unpaired) electrons. The maximum absolute atomic E-state index is 13.4. The number of fused-ring (bicyclic) bond motifs is 2. The van der Waals surface area contributed by atoms with Crippen LogP contribution in [0.5, 0.6) is 0 Å². The second-order valence-electron chi connectivity index (χ2n) is 9.29. The van der Waals surface area contributed by atoms with Gasteiger partial charge in [-0.1, -0.05) is 24.6 Å². The molecule has 3 fully saturated rings. The van der Waals surface area contributed by atoms with Gasteiger partial charge in [0.1, 0.15) is 18.0 Å². The molecule has 2 aromatic rings. The number of H-pyrrole nitrogens is 1. The first kappa shape index (κ1) is 20.7. The van der Waals surface area contributed by atoms with Crippen LogP contribution in [0.2, 0.25) is 0 Å². The highest BCUT2D eigenvalue weighted by Gasteiger charge is 2.50. The second kappa shape index (κ2) is 8.41. The number of hydrogen-bond donors (Lipinski definition) is 3. The molecule has 8 heteroatoms. The topological polar surface area (TPSA) is 111 Å². The number of rotatable bonds is 6. The lowest BCUT2D eigenvalue weighted by Gasteiger charge is -2.28. The van der Waals surface area contributed by atoms with Crippen molar-refractivity contribution in [3.63, 3.8) is 0 Å². The Labute approximate surface area is 186 Å². The largest absolute Gasteiger partial charge is 0.356 e. The van der Waals surface area contributed by atoms with E-state index in [1.165, 1.54) is 0 Å². The van der Waals surface area contributed by atoms with Gasteiger partial charge in [0.15, 0.2) is 0 Å². The van der Waals surface area contributed by atoms with Gasteiger partial charge in [-0.2, -0.15) is 0 Å². The molecule has 8 nitrogen and oxygen atoms in total. The molecule has 5 unspecified atom stereocenters. The molecule has 3 amide bonds. The Morgan fingerprint density at radius 1 is 1.22 bits per heavy atom. The number of carbonyl (C=O) groups is 4. The number of aromatic nitrogens is 1. The Bertz CT molecular complexity index is 1030. The van der Waals surface area contributed by atoms with E-state index in [0.717, 1.165) is 30.2 Å². The lowest BCUT2D eigenvalue weighted by Crippen LogP contribution is -2.52. The Balaban J connectivity index is 1.35. The molecule has 1 aromatic heterocycles. The number of nitrogens with one attached hydrogen (secondary N) is 3. The van der Waals surface area contributed by atoms with Crippen molar-refractivity contribution in [2.75, 3.05) is 13.1 Å². The first-order valence-corrected chi connectivity index (χ1v) is 11.5. The van der Waals surface area contributed by atoms with Gasteiger partial charge < -0.3 is 25.3 Å². The first-order valence-electron chi connectivity index (χ1n) is 11.5. The van der Waals surface area contributed by atoms with Crippen molar-refractivity contribution in [2.24, 2.45) is 17.8 Å². The van der Waals surface area contributed by atoms with Crippen molar-refractivity contribution in [2.45, 2.75) is 44.2 Å². The van der Waals surface area contributed by atoms with Gasteiger partial charge in [0.2, 0.25) is 11.8 Å². The van der Waals surface area contributed by atoms with Gasteiger partial charge in [0, 0.05) is 29.9 Å². The van der Waals surface area contributed by atoms with Gasteiger partial charge in [0.25, 0.3) is 5.91 Å². The maximum Gasteiger partial charge on any atom is 0.271 e. The van der Waals surface area contributed by atoms with Crippen LogP contribution < -0.4 is 10.6 Å². The summed E-state index contributed by atoms with van der Waals surface area (Å²) in [6, 6.07) is 8.19. The second-order valence-corrected chi connectivity index (χ2v) is 9.29. The number of aromatic amines is 1. The summed E-state index contributed by atoms with van der Waals surface area (Å²) in [5.74, 6) is -0.413. The van der Waals surface area contributed by atoms with Crippen molar-refractivity contribution >= 4 is 34.9 Å². The molecule has 1 aromatic carbocycles. The van der Waals surface area contributed by atoms with Crippen molar-refractivity contribution in [3.8, 4) is 0 Å². The van der Waals surface area contributed by atoms with Crippen molar-refractivity contribution in [1.82, 2.24) is 20.5 Å². The summed E-state index contributed by atoms with van der Waals surface area (Å²) in [5, 5.41) is 6.56. The Hall–Kier alpha value is -3.16. The zero-order chi connectivity index (χ0) is 22.2. The van der Waals surface area contributed by atoms with Gasteiger partial charge in [-0.3, -0.25) is 14.4 Å². The minimum atomic E-state index is -0.734. The zero-order valence-corrected chi connectivity index (χ0v) is 17.9. The van der Waals surface area contributed by atoms with Crippen LogP contribution in [0.1, 0.15) is 42.6 Å². The lowest BCUT2D eigenvalue weighted by atomic mass is 9.92. The average Bonchev–Trinajstić information content (AvgIpc) is 3.56. The molecule has 5 rings (SSSR count). The third-order valence-electron chi connectivity index (χ3n) is 7.37. The standard InChI is InChI=1S/C24H28N4O4/c29-13-17(10-15-8-9-25-22(15)30)26-23(31)21-18-6-3-5-16(18)12-28(21)24(32)20-11-14-4-1-2-7-19(14)27-20/h1-2,4,7,11,13,15-18,21,27H,3,5-6,8-10,12H2,(H,25,30)(H,26,31). The molecule has 1 aliphatic carbocycles. The van der Waals surface area contributed by atoms with E-state index in [9.17, 15) is 19.2 Å². The molecule has 3 heterocycles. The third-order valence-corrected chi connectivity index (χ3v) is 7.37. The van der Waals surface area contributed by atoms with E-state index >= 15 is 0 Å². The summed E-state index contributed by atoms with van der Waals surface area (Å²) in [6.45, 7) is 1.15. The number of likely N-dealkylation sites (tertiary alicyclic amines) is 1. The molecule has 5 atom stereocenters. The first-order chi connectivity index (χ1) is 15.5. The fraction of sp³-hybridized carbons (Fsp3) is 0.500. The van der Waals surface area contributed by atoms with E-state index in [1.807, 2.05) is 30.3 Å². The van der Waals surface area contributed by atoms with E-state index in [0.29, 0.717) is 37.4 Å². The van der Waals surface area contributed by atoms with E-state index < -0.39 is 12.1 Å². The minimum Gasteiger partial charge on any atom is -0.356 e. The van der Waals surface area contributed by atoms with E-state index in [2.05, 4.69) is 15.6 Å². The fourth-order valence-corrected chi connectivity index (χ4v) is 5.79. The molecule has 168 valence electrons. The van der Waals surface area contributed by atoms with Gasteiger partial charge in [0.05, 0.1) is 6.04 Å². The maximum atomic E-state index is 13.4. The predicted octanol–water partition coefficient (Wildman–Crippen LogP) is 1.62. The number of nitrogens with zero attached hydrogens (tertiary/aromatic N) is 1. The normalized spacial score (nSPS) is 27.9. The SMILES string of the molecule is O=CC(CC1CCNC1=O)NC(=O)C1C2CCCC2CN1C(=O)c1cc2ccccc2[nH]1. The smallest absolute Gasteiger partial charge is 0.271 e. The molecule has 2 aliphatic heterocycles. The van der Waals surface area contributed by atoms with Crippen molar-refractivity contribution < 1.29 is 19.2 Å². The van der Waals surface area contributed by atoms with Gasteiger partial charge in [-0.25, -0.2) is 0 Å². The van der Waals surface area contributed by atoms with Gasteiger partial charge >= 0.3 is 0 Å². The van der Waals surface area contributed by atoms with Crippen LogP contribution in [-0.2, 0) is 14.4 Å². The summed E-state index contributed by atoms with van der Waals surface area (Å²) in [4.78, 5) is 55.2. The number of benzene rings is 1. The number of hydrogen-bond acceptors (Lipinski definition) is 4.